The van der Waals surface area contributed by atoms with E-state index in [1.165, 1.54) is 38.8 Å². The van der Waals surface area contributed by atoms with E-state index in [2.05, 4.69) is 25.7 Å². The molecule has 1 rings (SSSR count). The molecular formula is C13H28N2. The van der Waals surface area contributed by atoms with Crippen LogP contribution in [0.4, 0.5) is 0 Å². The van der Waals surface area contributed by atoms with Crippen LogP contribution in [0.3, 0.4) is 0 Å². The van der Waals surface area contributed by atoms with E-state index in [1.54, 1.807) is 0 Å². The molecule has 1 fully saturated rings. The van der Waals surface area contributed by atoms with Gasteiger partial charge in [0.05, 0.1) is 0 Å². The van der Waals surface area contributed by atoms with Gasteiger partial charge in [-0.25, -0.2) is 0 Å². The molecule has 1 heterocycles. The van der Waals surface area contributed by atoms with E-state index in [1.807, 2.05) is 0 Å². The molecule has 2 nitrogen and oxygen atoms in total. The Morgan fingerprint density at radius 1 is 1.33 bits per heavy atom. The lowest BCUT2D eigenvalue weighted by molar-refractivity contribution is 0.117. The highest BCUT2D eigenvalue weighted by Crippen LogP contribution is 2.21. The van der Waals surface area contributed by atoms with Crippen molar-refractivity contribution in [2.75, 3.05) is 19.6 Å². The molecule has 0 spiro atoms. The summed E-state index contributed by atoms with van der Waals surface area (Å²) in [7, 11) is 0. The molecular weight excluding hydrogens is 184 g/mol. The zero-order valence-corrected chi connectivity index (χ0v) is 10.7. The molecule has 0 aromatic heterocycles. The minimum atomic E-state index is 0.750. The van der Waals surface area contributed by atoms with Crippen molar-refractivity contribution in [3.63, 3.8) is 0 Å². The molecule has 0 bridgehead atoms. The molecule has 0 radical (unpaired) electrons. The maximum atomic E-state index is 5.76. The predicted molar refractivity (Wildman–Crippen MR) is 66.9 cm³/mol. The molecule has 1 aliphatic heterocycles. The molecule has 1 saturated heterocycles. The summed E-state index contributed by atoms with van der Waals surface area (Å²) >= 11 is 0. The summed E-state index contributed by atoms with van der Waals surface area (Å²) in [6.45, 7) is 10.4. The average molecular weight is 212 g/mol. The standard InChI is InChI=1S/C13H28N2/c1-11(2)5-4-8-15-10-13(9-14)7-6-12(15)3/h11-13H,4-10,14H2,1-3H3. The first kappa shape index (κ1) is 13.0. The van der Waals surface area contributed by atoms with E-state index >= 15 is 0 Å². The summed E-state index contributed by atoms with van der Waals surface area (Å²) in [5, 5.41) is 0. The highest BCUT2D eigenvalue weighted by Gasteiger charge is 2.23. The van der Waals surface area contributed by atoms with Crippen molar-refractivity contribution in [2.24, 2.45) is 17.6 Å². The van der Waals surface area contributed by atoms with E-state index in [0.29, 0.717) is 0 Å². The fraction of sp³-hybridized carbons (Fsp3) is 1.00. The minimum absolute atomic E-state index is 0.750. The highest BCUT2D eigenvalue weighted by atomic mass is 15.2. The Morgan fingerprint density at radius 2 is 2.07 bits per heavy atom. The van der Waals surface area contributed by atoms with Crippen molar-refractivity contribution in [1.29, 1.82) is 0 Å². The lowest BCUT2D eigenvalue weighted by Gasteiger charge is -2.37. The summed E-state index contributed by atoms with van der Waals surface area (Å²) in [6, 6.07) is 0.778. The zero-order chi connectivity index (χ0) is 11.3. The quantitative estimate of drug-likeness (QED) is 0.758. The fourth-order valence-corrected chi connectivity index (χ4v) is 2.47. The number of hydrogen-bond acceptors (Lipinski definition) is 2. The first-order valence-corrected chi connectivity index (χ1v) is 6.57. The van der Waals surface area contributed by atoms with Crippen LogP contribution in [0.2, 0.25) is 0 Å². The SMILES string of the molecule is CC(C)CCCN1CC(CN)CCC1C. The van der Waals surface area contributed by atoms with Gasteiger partial charge in [0.15, 0.2) is 0 Å². The van der Waals surface area contributed by atoms with Crippen molar-refractivity contribution in [3.05, 3.63) is 0 Å². The summed E-state index contributed by atoms with van der Waals surface area (Å²) in [6.07, 6.45) is 5.37. The van der Waals surface area contributed by atoms with Crippen LogP contribution in [-0.2, 0) is 0 Å². The molecule has 0 aromatic carbocycles. The van der Waals surface area contributed by atoms with Crippen molar-refractivity contribution in [2.45, 2.75) is 52.5 Å². The topological polar surface area (TPSA) is 29.3 Å². The lowest BCUT2D eigenvalue weighted by atomic mass is 9.93. The minimum Gasteiger partial charge on any atom is -0.330 e. The Labute approximate surface area is 95.2 Å². The van der Waals surface area contributed by atoms with Crippen LogP contribution < -0.4 is 5.73 Å². The van der Waals surface area contributed by atoms with Crippen LogP contribution in [0.1, 0.15) is 46.5 Å². The second-order valence-electron chi connectivity index (χ2n) is 5.56. The Kier molecular flexibility index (Phi) is 5.62. The van der Waals surface area contributed by atoms with Gasteiger partial charge in [0, 0.05) is 12.6 Å². The third-order valence-electron chi connectivity index (χ3n) is 3.67. The molecule has 0 saturated carbocycles. The summed E-state index contributed by atoms with van der Waals surface area (Å²) in [4.78, 5) is 2.64. The zero-order valence-electron chi connectivity index (χ0n) is 10.7. The van der Waals surface area contributed by atoms with Gasteiger partial charge < -0.3 is 10.6 Å². The van der Waals surface area contributed by atoms with Crippen LogP contribution in [0.15, 0.2) is 0 Å². The largest absolute Gasteiger partial charge is 0.330 e. The second kappa shape index (κ2) is 6.49. The molecule has 2 atom stereocenters. The Hall–Kier alpha value is -0.0800. The first-order chi connectivity index (χ1) is 7.13. The van der Waals surface area contributed by atoms with Crippen LogP contribution in [0, 0.1) is 11.8 Å². The monoisotopic (exact) mass is 212 g/mol. The van der Waals surface area contributed by atoms with Gasteiger partial charge in [0.2, 0.25) is 0 Å². The molecule has 0 aromatic rings. The van der Waals surface area contributed by atoms with Crippen LogP contribution in [0.25, 0.3) is 0 Å². The molecule has 2 heteroatoms. The van der Waals surface area contributed by atoms with E-state index in [0.717, 1.165) is 24.4 Å². The third-order valence-corrected chi connectivity index (χ3v) is 3.67. The summed E-state index contributed by atoms with van der Waals surface area (Å²) in [5.74, 6) is 1.59. The third kappa shape index (κ3) is 4.52. The van der Waals surface area contributed by atoms with Gasteiger partial charge in [0.1, 0.15) is 0 Å². The number of nitrogens with two attached hydrogens (primary N) is 1. The van der Waals surface area contributed by atoms with Gasteiger partial charge in [-0.3, -0.25) is 0 Å². The van der Waals surface area contributed by atoms with Crippen molar-refractivity contribution in [3.8, 4) is 0 Å². The fourth-order valence-electron chi connectivity index (χ4n) is 2.47. The van der Waals surface area contributed by atoms with E-state index in [-0.39, 0.29) is 0 Å². The predicted octanol–water partition coefficient (Wildman–Crippen LogP) is 2.48. The second-order valence-corrected chi connectivity index (χ2v) is 5.56. The number of piperidine rings is 1. The maximum Gasteiger partial charge on any atom is 0.00671 e. The molecule has 0 aliphatic carbocycles. The molecule has 90 valence electrons. The number of nitrogens with zero attached hydrogens (tertiary/aromatic N) is 1. The van der Waals surface area contributed by atoms with E-state index < -0.39 is 0 Å². The lowest BCUT2D eigenvalue weighted by Crippen LogP contribution is -2.44. The van der Waals surface area contributed by atoms with Gasteiger partial charge in [0.25, 0.3) is 0 Å². The summed E-state index contributed by atoms with van der Waals surface area (Å²) in [5.41, 5.74) is 5.76. The molecule has 1 aliphatic rings. The van der Waals surface area contributed by atoms with Crippen LogP contribution in [0.5, 0.6) is 0 Å². The number of rotatable bonds is 5. The summed E-state index contributed by atoms with van der Waals surface area (Å²) < 4.78 is 0. The maximum absolute atomic E-state index is 5.76. The van der Waals surface area contributed by atoms with Crippen molar-refractivity contribution in [1.82, 2.24) is 4.90 Å². The Balaban J connectivity index is 2.25. The van der Waals surface area contributed by atoms with Gasteiger partial charge in [-0.1, -0.05) is 13.8 Å². The number of hydrogen-bond donors (Lipinski definition) is 1. The van der Waals surface area contributed by atoms with Gasteiger partial charge >= 0.3 is 0 Å². The Morgan fingerprint density at radius 3 is 2.67 bits per heavy atom. The molecule has 2 N–H and O–H groups in total. The molecule has 2 unspecified atom stereocenters. The first-order valence-electron chi connectivity index (χ1n) is 6.57. The van der Waals surface area contributed by atoms with Crippen LogP contribution in [-0.4, -0.2) is 30.6 Å². The number of likely N-dealkylation sites (tertiary alicyclic amines) is 1. The Bertz CT molecular complexity index is 168. The van der Waals surface area contributed by atoms with E-state index in [9.17, 15) is 0 Å². The van der Waals surface area contributed by atoms with Gasteiger partial charge in [-0.2, -0.15) is 0 Å². The molecule has 0 amide bonds. The van der Waals surface area contributed by atoms with Gasteiger partial charge in [-0.15, -0.1) is 0 Å². The normalized spacial score (nSPS) is 28.6. The van der Waals surface area contributed by atoms with Crippen molar-refractivity contribution < 1.29 is 0 Å². The van der Waals surface area contributed by atoms with Crippen molar-refractivity contribution >= 4 is 0 Å². The van der Waals surface area contributed by atoms with E-state index in [4.69, 9.17) is 5.73 Å². The molecule has 15 heavy (non-hydrogen) atoms. The highest BCUT2D eigenvalue weighted by molar-refractivity contribution is 4.79. The smallest absolute Gasteiger partial charge is 0.00671 e. The van der Waals surface area contributed by atoms with Gasteiger partial charge in [-0.05, 0) is 57.5 Å². The average Bonchev–Trinajstić information content (AvgIpc) is 2.20. The van der Waals surface area contributed by atoms with Crippen LogP contribution >= 0.6 is 0 Å².